The van der Waals surface area contributed by atoms with Gasteiger partial charge in [0.05, 0.1) is 0 Å². The summed E-state index contributed by atoms with van der Waals surface area (Å²) in [5.74, 6) is -0.200. The van der Waals surface area contributed by atoms with Crippen LogP contribution in [0.4, 0.5) is 11.4 Å². The predicted octanol–water partition coefficient (Wildman–Crippen LogP) is 3.51. The van der Waals surface area contributed by atoms with Crippen molar-refractivity contribution in [2.45, 2.75) is 46.5 Å². The molecule has 0 aliphatic carbocycles. The average Bonchev–Trinajstić information content (AvgIpc) is 2.62. The maximum Gasteiger partial charge on any atom is 0.313 e. The molecule has 0 radical (unpaired) electrons. The lowest BCUT2D eigenvalue weighted by molar-refractivity contribution is -0.143. The molecule has 0 atom stereocenters. The second kappa shape index (κ2) is 9.44. The predicted molar refractivity (Wildman–Crippen MR) is 103 cm³/mol. The Kier molecular flexibility index (Phi) is 7.29. The van der Waals surface area contributed by atoms with E-state index in [-0.39, 0.29) is 0 Å². The number of hydrogen-bond donors (Lipinski definition) is 1. The highest BCUT2D eigenvalue weighted by Crippen LogP contribution is 2.24. The molecule has 0 spiro atoms. The summed E-state index contributed by atoms with van der Waals surface area (Å²) >= 11 is 0. The van der Waals surface area contributed by atoms with Gasteiger partial charge in [0.1, 0.15) is 0 Å². The second-order valence-electron chi connectivity index (χ2n) is 6.96. The Bertz CT molecular complexity index is 557. The normalized spacial score (nSPS) is 15.1. The molecule has 0 bridgehead atoms. The zero-order valence-corrected chi connectivity index (χ0v) is 15.8. The van der Waals surface area contributed by atoms with Crippen molar-refractivity contribution < 1.29 is 9.59 Å². The number of anilines is 2. The van der Waals surface area contributed by atoms with Crippen molar-refractivity contribution in [3.63, 3.8) is 0 Å². The van der Waals surface area contributed by atoms with E-state index in [1.54, 1.807) is 4.90 Å². The first-order valence-corrected chi connectivity index (χ1v) is 9.50. The van der Waals surface area contributed by atoms with Crippen LogP contribution in [0, 0.1) is 5.92 Å². The molecule has 25 heavy (non-hydrogen) atoms. The summed E-state index contributed by atoms with van der Waals surface area (Å²) in [5.41, 5.74) is 1.84. The van der Waals surface area contributed by atoms with Crippen molar-refractivity contribution in [1.82, 2.24) is 4.90 Å². The maximum absolute atomic E-state index is 12.3. The number of amides is 2. The maximum atomic E-state index is 12.3. The number of nitrogens with zero attached hydrogens (tertiary/aromatic N) is 2. The molecule has 1 N–H and O–H groups in total. The number of carbonyl (C=O) groups is 2. The van der Waals surface area contributed by atoms with Crippen LogP contribution < -0.4 is 10.2 Å². The molecule has 5 heteroatoms. The molecule has 0 saturated carbocycles. The Hall–Kier alpha value is -2.04. The highest BCUT2D eigenvalue weighted by Gasteiger charge is 2.21. The fourth-order valence-corrected chi connectivity index (χ4v) is 3.21. The Labute approximate surface area is 151 Å². The third-order valence-electron chi connectivity index (χ3n) is 4.74. The fourth-order valence-electron chi connectivity index (χ4n) is 3.21. The van der Waals surface area contributed by atoms with Crippen molar-refractivity contribution in [2.24, 2.45) is 5.92 Å². The summed E-state index contributed by atoms with van der Waals surface area (Å²) in [6.45, 7) is 9.71. The molecule has 2 amide bonds. The Morgan fingerprint density at radius 3 is 2.16 bits per heavy atom. The minimum Gasteiger partial charge on any atom is -0.372 e. The zero-order chi connectivity index (χ0) is 18.2. The molecule has 5 nitrogen and oxygen atoms in total. The summed E-state index contributed by atoms with van der Waals surface area (Å²) in [7, 11) is 0. The molecule has 0 unspecified atom stereocenters. The Morgan fingerprint density at radius 1 is 1.08 bits per heavy atom. The molecule has 2 rings (SSSR count). The van der Waals surface area contributed by atoms with Gasteiger partial charge in [-0.05, 0) is 55.9 Å². The highest BCUT2D eigenvalue weighted by atomic mass is 16.2. The van der Waals surface area contributed by atoms with Crippen LogP contribution in [0.2, 0.25) is 0 Å². The number of piperidine rings is 1. The summed E-state index contributed by atoms with van der Waals surface area (Å²) in [6, 6.07) is 7.79. The number of rotatable bonds is 6. The van der Waals surface area contributed by atoms with Crippen LogP contribution in [0.3, 0.4) is 0 Å². The SMILES string of the molecule is CCCN(CCC)C(=O)C(=O)Nc1ccc(N2CCC(C)CC2)cc1. The van der Waals surface area contributed by atoms with E-state index < -0.39 is 11.8 Å². The van der Waals surface area contributed by atoms with E-state index in [0.717, 1.165) is 31.8 Å². The van der Waals surface area contributed by atoms with Crippen LogP contribution in [0.5, 0.6) is 0 Å². The molecule has 1 aromatic rings. The van der Waals surface area contributed by atoms with E-state index in [4.69, 9.17) is 0 Å². The van der Waals surface area contributed by atoms with Crippen LogP contribution in [-0.2, 0) is 9.59 Å². The molecule has 0 aromatic heterocycles. The van der Waals surface area contributed by atoms with Gasteiger partial charge in [0, 0.05) is 37.6 Å². The molecular weight excluding hydrogens is 314 g/mol. The first-order chi connectivity index (χ1) is 12.0. The summed E-state index contributed by atoms with van der Waals surface area (Å²) in [5, 5.41) is 2.73. The smallest absolute Gasteiger partial charge is 0.313 e. The first kappa shape index (κ1) is 19.3. The van der Waals surface area contributed by atoms with Crippen molar-refractivity contribution in [3.8, 4) is 0 Å². The molecule has 1 aromatic carbocycles. The van der Waals surface area contributed by atoms with Crippen molar-refractivity contribution in [3.05, 3.63) is 24.3 Å². The van der Waals surface area contributed by atoms with Crippen molar-refractivity contribution in [2.75, 3.05) is 36.4 Å². The van der Waals surface area contributed by atoms with Crippen LogP contribution in [0.1, 0.15) is 46.5 Å². The van der Waals surface area contributed by atoms with Gasteiger partial charge in [-0.2, -0.15) is 0 Å². The highest BCUT2D eigenvalue weighted by molar-refractivity contribution is 6.39. The third-order valence-corrected chi connectivity index (χ3v) is 4.74. The molecule has 1 heterocycles. The number of benzene rings is 1. The minimum absolute atomic E-state index is 0.446. The van der Waals surface area contributed by atoms with Gasteiger partial charge in [-0.15, -0.1) is 0 Å². The monoisotopic (exact) mass is 345 g/mol. The largest absolute Gasteiger partial charge is 0.372 e. The van der Waals surface area contributed by atoms with E-state index in [2.05, 4.69) is 17.1 Å². The topological polar surface area (TPSA) is 52.7 Å². The van der Waals surface area contributed by atoms with Crippen molar-refractivity contribution >= 4 is 23.2 Å². The van der Waals surface area contributed by atoms with Gasteiger partial charge in [0.2, 0.25) is 0 Å². The van der Waals surface area contributed by atoms with Gasteiger partial charge in [0.15, 0.2) is 0 Å². The van der Waals surface area contributed by atoms with Gasteiger partial charge in [-0.3, -0.25) is 9.59 Å². The van der Waals surface area contributed by atoms with Crippen molar-refractivity contribution in [1.29, 1.82) is 0 Å². The van der Waals surface area contributed by atoms with Crippen LogP contribution >= 0.6 is 0 Å². The number of carbonyl (C=O) groups excluding carboxylic acids is 2. The van der Waals surface area contributed by atoms with Gasteiger partial charge in [-0.1, -0.05) is 20.8 Å². The van der Waals surface area contributed by atoms with E-state index in [9.17, 15) is 9.59 Å². The summed E-state index contributed by atoms with van der Waals surface area (Å²) in [4.78, 5) is 28.5. The van der Waals surface area contributed by atoms with E-state index >= 15 is 0 Å². The molecule has 138 valence electrons. The van der Waals surface area contributed by atoms with E-state index in [1.165, 1.54) is 18.5 Å². The fraction of sp³-hybridized carbons (Fsp3) is 0.600. The van der Waals surface area contributed by atoms with Gasteiger partial charge < -0.3 is 15.1 Å². The van der Waals surface area contributed by atoms with E-state index in [1.807, 2.05) is 38.1 Å². The summed E-state index contributed by atoms with van der Waals surface area (Å²) < 4.78 is 0. The summed E-state index contributed by atoms with van der Waals surface area (Å²) in [6.07, 6.45) is 4.14. The van der Waals surface area contributed by atoms with Gasteiger partial charge in [-0.25, -0.2) is 0 Å². The first-order valence-electron chi connectivity index (χ1n) is 9.50. The second-order valence-corrected chi connectivity index (χ2v) is 6.96. The minimum atomic E-state index is -0.554. The Balaban J connectivity index is 1.93. The molecule has 1 aliphatic rings. The lowest BCUT2D eigenvalue weighted by Crippen LogP contribution is -2.40. The Morgan fingerprint density at radius 2 is 1.64 bits per heavy atom. The lowest BCUT2D eigenvalue weighted by atomic mass is 9.99. The van der Waals surface area contributed by atoms with E-state index in [0.29, 0.717) is 18.8 Å². The number of nitrogens with one attached hydrogen (secondary N) is 1. The van der Waals surface area contributed by atoms with Gasteiger partial charge >= 0.3 is 11.8 Å². The quantitative estimate of drug-likeness (QED) is 0.803. The third kappa shape index (κ3) is 5.48. The van der Waals surface area contributed by atoms with Crippen LogP contribution in [0.25, 0.3) is 0 Å². The molecule has 1 fully saturated rings. The average molecular weight is 345 g/mol. The standard InChI is InChI=1S/C20H31N3O2/c1-4-12-23(13-5-2)20(25)19(24)21-17-6-8-18(9-7-17)22-14-10-16(3)11-15-22/h6-9,16H,4-5,10-15H2,1-3H3,(H,21,24). The molecular formula is C20H31N3O2. The van der Waals surface area contributed by atoms with Gasteiger partial charge in [0.25, 0.3) is 0 Å². The van der Waals surface area contributed by atoms with Crippen LogP contribution in [0.15, 0.2) is 24.3 Å². The zero-order valence-electron chi connectivity index (χ0n) is 15.8. The number of hydrogen-bond acceptors (Lipinski definition) is 3. The molecule has 1 aliphatic heterocycles. The molecule has 1 saturated heterocycles. The van der Waals surface area contributed by atoms with Crippen LogP contribution in [-0.4, -0.2) is 42.9 Å². The lowest BCUT2D eigenvalue weighted by Gasteiger charge is -2.32.